The Hall–Kier alpha value is -2.03. The van der Waals surface area contributed by atoms with Crippen LogP contribution >= 0.6 is 0 Å². The molecule has 2 aliphatic rings. The first kappa shape index (κ1) is 11.1. The Balaban J connectivity index is 2.18. The lowest BCUT2D eigenvalue weighted by molar-refractivity contribution is 0.0816. The normalized spacial score (nSPS) is 25.5. The van der Waals surface area contributed by atoms with E-state index in [4.69, 9.17) is 0 Å². The molecule has 3 nitrogen and oxygen atoms in total. The molecule has 0 saturated carbocycles. The van der Waals surface area contributed by atoms with Crippen molar-refractivity contribution in [3.63, 3.8) is 0 Å². The maximum absolute atomic E-state index is 12.5. The molecule has 3 heteroatoms. The summed E-state index contributed by atoms with van der Waals surface area (Å²) < 4.78 is 0. The quantitative estimate of drug-likeness (QED) is 0.755. The molecule has 1 aliphatic carbocycles. The van der Waals surface area contributed by atoms with Gasteiger partial charge in [-0.3, -0.25) is 14.6 Å². The van der Waals surface area contributed by atoms with Crippen LogP contribution in [-0.2, 0) is 0 Å². The molecule has 1 aromatic carbocycles. The van der Waals surface area contributed by atoms with Crippen molar-refractivity contribution in [1.82, 2.24) is 0 Å². The summed E-state index contributed by atoms with van der Waals surface area (Å²) in [7, 11) is 0. The number of rotatable bonds is 1. The van der Waals surface area contributed by atoms with Gasteiger partial charge in [-0.15, -0.1) is 0 Å². The van der Waals surface area contributed by atoms with E-state index in [1.807, 2.05) is 13.0 Å². The van der Waals surface area contributed by atoms with Crippen LogP contribution in [0.4, 0.5) is 0 Å². The molecule has 18 heavy (non-hydrogen) atoms. The minimum Gasteiger partial charge on any atom is -0.293 e. The molecular weight excluding hydrogens is 226 g/mol. The zero-order valence-corrected chi connectivity index (χ0v) is 10.1. The van der Waals surface area contributed by atoms with Gasteiger partial charge in [0.15, 0.2) is 11.6 Å². The number of hydrogen-bond acceptors (Lipinski definition) is 3. The number of nitrogens with zero attached hydrogens (tertiary/aromatic N) is 1. The van der Waals surface area contributed by atoms with Crippen molar-refractivity contribution in [3.8, 4) is 0 Å². The Morgan fingerprint density at radius 3 is 2.44 bits per heavy atom. The summed E-state index contributed by atoms with van der Waals surface area (Å²) >= 11 is 0. The van der Waals surface area contributed by atoms with E-state index in [1.165, 1.54) is 0 Å². The summed E-state index contributed by atoms with van der Waals surface area (Å²) in [6.07, 6.45) is 4.29. The molecule has 0 saturated heterocycles. The highest BCUT2D eigenvalue weighted by Crippen LogP contribution is 2.34. The number of carbonyl (C=O) groups excluding carboxylic acids is 2. The predicted octanol–water partition coefficient (Wildman–Crippen LogP) is 2.47. The number of benzene rings is 1. The number of carbonyl (C=O) groups is 2. The van der Waals surface area contributed by atoms with E-state index in [0.29, 0.717) is 11.1 Å². The maximum atomic E-state index is 12.5. The van der Waals surface area contributed by atoms with Gasteiger partial charge in [-0.25, -0.2) is 0 Å². The van der Waals surface area contributed by atoms with Crippen LogP contribution in [0.25, 0.3) is 0 Å². The fourth-order valence-electron chi connectivity index (χ4n) is 2.73. The smallest absolute Gasteiger partial charge is 0.189 e. The molecule has 2 unspecified atom stereocenters. The second kappa shape index (κ2) is 4.02. The van der Waals surface area contributed by atoms with E-state index in [1.54, 1.807) is 30.5 Å². The third kappa shape index (κ3) is 1.40. The highest BCUT2D eigenvalue weighted by molar-refractivity contribution is 6.19. The number of dihydropyridines is 1. The fraction of sp³-hybridized carbons (Fsp3) is 0.267. The Labute approximate surface area is 105 Å². The summed E-state index contributed by atoms with van der Waals surface area (Å²) in [5, 5.41) is 0. The Bertz CT molecular complexity index is 598. The van der Waals surface area contributed by atoms with Gasteiger partial charge in [0.1, 0.15) is 6.04 Å². The summed E-state index contributed by atoms with van der Waals surface area (Å²) in [6, 6.07) is 6.48. The molecule has 3 rings (SSSR count). The van der Waals surface area contributed by atoms with Gasteiger partial charge in [0.05, 0.1) is 5.92 Å². The third-order valence-electron chi connectivity index (χ3n) is 3.67. The average Bonchev–Trinajstić information content (AvgIpc) is 2.44. The van der Waals surface area contributed by atoms with Crippen LogP contribution in [0.5, 0.6) is 0 Å². The van der Waals surface area contributed by atoms with E-state index >= 15 is 0 Å². The van der Waals surface area contributed by atoms with Crippen LogP contribution in [0.2, 0.25) is 0 Å². The molecule has 0 N–H and O–H groups in total. The number of Topliss-reactive ketones (excluding diaryl/α,β-unsaturated/α-hetero) is 2. The van der Waals surface area contributed by atoms with E-state index in [2.05, 4.69) is 4.99 Å². The Morgan fingerprint density at radius 1 is 1.11 bits per heavy atom. The van der Waals surface area contributed by atoms with Crippen LogP contribution in [0.1, 0.15) is 34.1 Å². The van der Waals surface area contributed by atoms with Gasteiger partial charge in [-0.2, -0.15) is 0 Å². The second-order valence-electron chi connectivity index (χ2n) is 4.59. The average molecular weight is 239 g/mol. The molecule has 1 aliphatic heterocycles. The summed E-state index contributed by atoms with van der Waals surface area (Å²) in [5.41, 5.74) is 2.06. The molecule has 0 aromatic heterocycles. The molecular formula is C15H13NO2. The van der Waals surface area contributed by atoms with E-state index in [-0.39, 0.29) is 17.5 Å². The largest absolute Gasteiger partial charge is 0.293 e. The van der Waals surface area contributed by atoms with Crippen molar-refractivity contribution in [2.24, 2.45) is 10.9 Å². The lowest BCUT2D eigenvalue weighted by atomic mass is 9.73. The maximum Gasteiger partial charge on any atom is 0.189 e. The first-order chi connectivity index (χ1) is 8.74. The molecule has 0 amide bonds. The summed E-state index contributed by atoms with van der Waals surface area (Å²) in [4.78, 5) is 29.1. The van der Waals surface area contributed by atoms with Gasteiger partial charge in [-0.05, 0) is 12.5 Å². The van der Waals surface area contributed by atoms with Crippen molar-refractivity contribution >= 4 is 17.8 Å². The fourth-order valence-corrected chi connectivity index (χ4v) is 2.73. The number of hydrogen-bond donors (Lipinski definition) is 0. The first-order valence-electron chi connectivity index (χ1n) is 6.13. The highest BCUT2D eigenvalue weighted by Gasteiger charge is 2.43. The predicted molar refractivity (Wildman–Crippen MR) is 69.2 cm³/mol. The number of allylic oxidation sites excluding steroid dienone is 1. The molecule has 1 aromatic rings. The van der Waals surface area contributed by atoms with Crippen molar-refractivity contribution in [3.05, 3.63) is 47.0 Å². The van der Waals surface area contributed by atoms with Crippen LogP contribution in [-0.4, -0.2) is 23.8 Å². The standard InChI is InChI=1S/C15H13NO2/c1-2-9-7-8-16-13-12(9)14(17)10-5-3-4-6-11(10)15(13)18/h3-8,12-13H,2H2,1H3. The molecule has 0 radical (unpaired) electrons. The number of fused-ring (bicyclic) bond motifs is 2. The molecule has 0 spiro atoms. The van der Waals surface area contributed by atoms with Gasteiger partial charge in [0, 0.05) is 17.3 Å². The minimum absolute atomic E-state index is 0.0279. The van der Waals surface area contributed by atoms with Crippen molar-refractivity contribution < 1.29 is 9.59 Å². The van der Waals surface area contributed by atoms with E-state index in [9.17, 15) is 9.59 Å². The van der Waals surface area contributed by atoms with Gasteiger partial charge in [0.2, 0.25) is 0 Å². The Morgan fingerprint density at radius 2 is 1.78 bits per heavy atom. The highest BCUT2D eigenvalue weighted by atomic mass is 16.1. The van der Waals surface area contributed by atoms with Crippen LogP contribution in [0.3, 0.4) is 0 Å². The molecule has 2 atom stereocenters. The summed E-state index contributed by atoms with van der Waals surface area (Å²) in [5.74, 6) is -0.395. The van der Waals surface area contributed by atoms with Crippen molar-refractivity contribution in [1.29, 1.82) is 0 Å². The lowest BCUT2D eigenvalue weighted by Gasteiger charge is -2.31. The summed E-state index contributed by atoms with van der Waals surface area (Å²) in [6.45, 7) is 2.00. The zero-order chi connectivity index (χ0) is 12.7. The van der Waals surface area contributed by atoms with Gasteiger partial charge >= 0.3 is 0 Å². The minimum atomic E-state index is -0.549. The van der Waals surface area contributed by atoms with E-state index in [0.717, 1.165) is 12.0 Å². The van der Waals surface area contributed by atoms with Crippen molar-refractivity contribution in [2.45, 2.75) is 19.4 Å². The topological polar surface area (TPSA) is 46.5 Å². The Kier molecular flexibility index (Phi) is 2.47. The number of ketones is 2. The lowest BCUT2D eigenvalue weighted by Crippen LogP contribution is -2.42. The molecule has 90 valence electrons. The first-order valence-corrected chi connectivity index (χ1v) is 6.13. The third-order valence-corrected chi connectivity index (χ3v) is 3.67. The van der Waals surface area contributed by atoms with Gasteiger partial charge in [-0.1, -0.05) is 36.8 Å². The van der Waals surface area contributed by atoms with Crippen LogP contribution in [0, 0.1) is 5.92 Å². The SMILES string of the molecule is CCC1=CC=NC2C(=O)c3ccccc3C(=O)C12. The second-order valence-corrected chi connectivity index (χ2v) is 4.59. The molecule has 1 heterocycles. The van der Waals surface area contributed by atoms with Gasteiger partial charge in [0.25, 0.3) is 0 Å². The molecule has 0 fully saturated rings. The van der Waals surface area contributed by atoms with Crippen molar-refractivity contribution in [2.75, 3.05) is 0 Å². The monoisotopic (exact) mass is 239 g/mol. The molecule has 0 bridgehead atoms. The van der Waals surface area contributed by atoms with E-state index < -0.39 is 6.04 Å². The number of aliphatic imine (C=N–C) groups is 1. The van der Waals surface area contributed by atoms with Crippen LogP contribution < -0.4 is 0 Å². The van der Waals surface area contributed by atoms with Crippen LogP contribution in [0.15, 0.2) is 40.9 Å². The zero-order valence-electron chi connectivity index (χ0n) is 10.1. The van der Waals surface area contributed by atoms with Gasteiger partial charge < -0.3 is 0 Å².